The van der Waals surface area contributed by atoms with Gasteiger partial charge in [-0.05, 0) is 19.4 Å². The number of benzene rings is 1. The van der Waals surface area contributed by atoms with Crippen molar-refractivity contribution in [2.45, 2.75) is 26.3 Å². The van der Waals surface area contributed by atoms with E-state index < -0.39 is 6.04 Å². The van der Waals surface area contributed by atoms with Gasteiger partial charge in [0, 0.05) is 11.6 Å². The summed E-state index contributed by atoms with van der Waals surface area (Å²) in [5.74, 6) is 0.422. The summed E-state index contributed by atoms with van der Waals surface area (Å²) in [5, 5.41) is 0. The summed E-state index contributed by atoms with van der Waals surface area (Å²) in [6.45, 7) is 3.95. The Morgan fingerprint density at radius 3 is 2.53 bits per heavy atom. The number of ether oxygens (including phenoxy) is 2. The highest BCUT2D eigenvalue weighted by molar-refractivity contribution is 5.70. The number of hydrogen-bond acceptors (Lipinski definition) is 4. The number of methoxy groups -OCH3 is 2. The van der Waals surface area contributed by atoms with E-state index in [1.807, 2.05) is 26.0 Å². The van der Waals surface area contributed by atoms with E-state index in [-0.39, 0.29) is 12.4 Å². The highest BCUT2D eigenvalue weighted by atomic mass is 16.5. The summed E-state index contributed by atoms with van der Waals surface area (Å²) in [4.78, 5) is 11.2. The van der Waals surface area contributed by atoms with E-state index in [2.05, 4.69) is 4.74 Å². The van der Waals surface area contributed by atoms with Crippen molar-refractivity contribution in [3.05, 3.63) is 28.8 Å². The summed E-state index contributed by atoms with van der Waals surface area (Å²) >= 11 is 0. The van der Waals surface area contributed by atoms with Crippen LogP contribution in [-0.2, 0) is 9.53 Å². The maximum Gasteiger partial charge on any atom is 0.307 e. The molecular formula is C13H19NO3. The molecule has 0 radical (unpaired) electrons. The van der Waals surface area contributed by atoms with Crippen LogP contribution in [0.1, 0.15) is 29.2 Å². The SMILES string of the molecule is COC(=O)CC(N)c1cc(C)cc(C)c1OC. The fourth-order valence-electron chi connectivity index (χ4n) is 1.91. The molecule has 1 unspecified atom stereocenters. The Bertz CT molecular complexity index is 415. The molecule has 4 nitrogen and oxygen atoms in total. The predicted octanol–water partition coefficient (Wildman–Crippen LogP) is 1.87. The number of rotatable bonds is 4. The molecule has 1 aromatic rings. The highest BCUT2D eigenvalue weighted by Crippen LogP contribution is 2.30. The first-order valence-electron chi connectivity index (χ1n) is 5.47. The molecule has 0 aliphatic rings. The van der Waals surface area contributed by atoms with Gasteiger partial charge in [0.2, 0.25) is 0 Å². The van der Waals surface area contributed by atoms with E-state index in [0.717, 1.165) is 22.4 Å². The Kier molecular flexibility index (Phi) is 4.52. The van der Waals surface area contributed by atoms with E-state index in [0.29, 0.717) is 0 Å². The molecule has 0 saturated heterocycles. The Morgan fingerprint density at radius 2 is 2.00 bits per heavy atom. The van der Waals surface area contributed by atoms with Gasteiger partial charge in [-0.3, -0.25) is 4.79 Å². The molecule has 1 aromatic carbocycles. The molecule has 17 heavy (non-hydrogen) atoms. The molecule has 94 valence electrons. The van der Waals surface area contributed by atoms with Gasteiger partial charge in [-0.1, -0.05) is 17.7 Å². The summed E-state index contributed by atoms with van der Waals surface area (Å²) in [6.07, 6.45) is 0.149. The van der Waals surface area contributed by atoms with Gasteiger partial charge in [0.1, 0.15) is 5.75 Å². The number of carbonyl (C=O) groups is 1. The fourth-order valence-corrected chi connectivity index (χ4v) is 1.91. The summed E-state index contributed by atoms with van der Waals surface area (Å²) in [7, 11) is 2.96. The average molecular weight is 237 g/mol. The predicted molar refractivity (Wildman–Crippen MR) is 66.0 cm³/mol. The summed E-state index contributed by atoms with van der Waals surface area (Å²) < 4.78 is 9.95. The lowest BCUT2D eigenvalue weighted by Gasteiger charge is -2.17. The van der Waals surface area contributed by atoms with Crippen LogP contribution in [0.5, 0.6) is 5.75 Å². The molecule has 0 aliphatic heterocycles. The van der Waals surface area contributed by atoms with Gasteiger partial charge in [0.15, 0.2) is 0 Å². The van der Waals surface area contributed by atoms with Gasteiger partial charge in [0.05, 0.1) is 20.6 Å². The zero-order valence-electron chi connectivity index (χ0n) is 10.7. The van der Waals surface area contributed by atoms with E-state index in [1.165, 1.54) is 7.11 Å². The average Bonchev–Trinajstić information content (AvgIpc) is 2.27. The Labute approximate surface area is 102 Å². The van der Waals surface area contributed by atoms with Gasteiger partial charge < -0.3 is 15.2 Å². The van der Waals surface area contributed by atoms with Crippen LogP contribution in [0.15, 0.2) is 12.1 Å². The van der Waals surface area contributed by atoms with Crippen LogP contribution < -0.4 is 10.5 Å². The number of esters is 1. The Balaban J connectivity index is 3.07. The monoisotopic (exact) mass is 237 g/mol. The van der Waals surface area contributed by atoms with Gasteiger partial charge in [-0.15, -0.1) is 0 Å². The lowest BCUT2D eigenvalue weighted by Crippen LogP contribution is -2.17. The highest BCUT2D eigenvalue weighted by Gasteiger charge is 2.17. The van der Waals surface area contributed by atoms with Crippen molar-refractivity contribution < 1.29 is 14.3 Å². The van der Waals surface area contributed by atoms with Crippen molar-refractivity contribution in [2.24, 2.45) is 5.73 Å². The largest absolute Gasteiger partial charge is 0.496 e. The molecule has 0 aromatic heterocycles. The van der Waals surface area contributed by atoms with Gasteiger partial charge >= 0.3 is 5.97 Å². The molecule has 0 amide bonds. The van der Waals surface area contributed by atoms with Crippen LogP contribution in [0.2, 0.25) is 0 Å². The Hall–Kier alpha value is -1.55. The van der Waals surface area contributed by atoms with Crippen molar-refractivity contribution in [3.63, 3.8) is 0 Å². The van der Waals surface area contributed by atoms with Crippen LogP contribution in [0.3, 0.4) is 0 Å². The quantitative estimate of drug-likeness (QED) is 0.812. The molecule has 1 atom stereocenters. The van der Waals surface area contributed by atoms with E-state index >= 15 is 0 Å². The molecule has 4 heteroatoms. The van der Waals surface area contributed by atoms with Crippen LogP contribution >= 0.6 is 0 Å². The first-order valence-corrected chi connectivity index (χ1v) is 5.47. The summed E-state index contributed by atoms with van der Waals surface area (Å²) in [5.41, 5.74) is 8.96. The standard InChI is InChI=1S/C13H19NO3/c1-8-5-9(2)13(17-4)10(6-8)11(14)7-12(15)16-3/h5-6,11H,7,14H2,1-4H3. The topological polar surface area (TPSA) is 61.5 Å². The second kappa shape index (κ2) is 5.68. The van der Waals surface area contributed by atoms with Crippen LogP contribution in [0.4, 0.5) is 0 Å². The van der Waals surface area contributed by atoms with E-state index in [4.69, 9.17) is 10.5 Å². The van der Waals surface area contributed by atoms with Gasteiger partial charge in [0.25, 0.3) is 0 Å². The second-order valence-electron chi connectivity index (χ2n) is 4.09. The minimum atomic E-state index is -0.406. The summed E-state index contributed by atoms with van der Waals surface area (Å²) in [6, 6.07) is 3.56. The zero-order chi connectivity index (χ0) is 13.0. The molecule has 0 spiro atoms. The number of hydrogen-bond donors (Lipinski definition) is 1. The first kappa shape index (κ1) is 13.5. The van der Waals surface area contributed by atoms with Crippen molar-refractivity contribution in [2.75, 3.05) is 14.2 Å². The van der Waals surface area contributed by atoms with Crippen molar-refractivity contribution in [1.82, 2.24) is 0 Å². The molecule has 0 heterocycles. The van der Waals surface area contributed by atoms with Crippen LogP contribution in [-0.4, -0.2) is 20.2 Å². The number of aryl methyl sites for hydroxylation is 2. The third kappa shape index (κ3) is 3.20. The normalized spacial score (nSPS) is 12.1. The molecular weight excluding hydrogens is 218 g/mol. The zero-order valence-corrected chi connectivity index (χ0v) is 10.7. The maximum absolute atomic E-state index is 11.2. The van der Waals surface area contributed by atoms with Crippen LogP contribution in [0, 0.1) is 13.8 Å². The molecule has 1 rings (SSSR count). The maximum atomic E-state index is 11.2. The minimum Gasteiger partial charge on any atom is -0.496 e. The molecule has 2 N–H and O–H groups in total. The molecule has 0 fully saturated rings. The minimum absolute atomic E-state index is 0.149. The van der Waals surface area contributed by atoms with Crippen molar-refractivity contribution in [3.8, 4) is 5.75 Å². The van der Waals surface area contributed by atoms with E-state index in [9.17, 15) is 4.79 Å². The third-order valence-electron chi connectivity index (χ3n) is 2.67. The van der Waals surface area contributed by atoms with Gasteiger partial charge in [-0.2, -0.15) is 0 Å². The number of nitrogens with two attached hydrogens (primary N) is 1. The number of carbonyl (C=O) groups excluding carboxylic acids is 1. The smallest absolute Gasteiger partial charge is 0.307 e. The molecule has 0 saturated carbocycles. The Morgan fingerprint density at radius 1 is 1.35 bits per heavy atom. The second-order valence-corrected chi connectivity index (χ2v) is 4.09. The van der Waals surface area contributed by atoms with Crippen molar-refractivity contribution in [1.29, 1.82) is 0 Å². The van der Waals surface area contributed by atoms with Crippen LogP contribution in [0.25, 0.3) is 0 Å². The fraction of sp³-hybridized carbons (Fsp3) is 0.462. The first-order chi connectivity index (χ1) is 7.99. The third-order valence-corrected chi connectivity index (χ3v) is 2.67. The lowest BCUT2D eigenvalue weighted by molar-refractivity contribution is -0.141. The van der Waals surface area contributed by atoms with Gasteiger partial charge in [-0.25, -0.2) is 0 Å². The molecule has 0 bridgehead atoms. The lowest BCUT2D eigenvalue weighted by atomic mass is 9.98. The molecule has 0 aliphatic carbocycles. The van der Waals surface area contributed by atoms with Crippen molar-refractivity contribution >= 4 is 5.97 Å². The van der Waals surface area contributed by atoms with E-state index in [1.54, 1.807) is 7.11 Å².